The molecule has 0 saturated heterocycles. The summed E-state index contributed by atoms with van der Waals surface area (Å²) in [4.78, 5) is 57.5. The van der Waals surface area contributed by atoms with Crippen LogP contribution in [0.25, 0.3) is 5.76 Å². The molecule has 1 fully saturated rings. The van der Waals surface area contributed by atoms with E-state index < -0.39 is 58.0 Å². The Kier molecular flexibility index (Phi) is 8.42. The van der Waals surface area contributed by atoms with E-state index in [9.17, 15) is 39.6 Å². The molecule has 240 valence electrons. The molecule has 12 nitrogen and oxygen atoms in total. The average Bonchev–Trinajstić information content (AvgIpc) is 2.89. The number of carbonyl (C=O) groups is 4. The number of nitrogens with zero attached hydrogens (tertiary/aromatic N) is 3. The van der Waals surface area contributed by atoms with Crippen molar-refractivity contribution in [3.05, 3.63) is 39.7 Å². The molecule has 4 atom stereocenters. The number of likely N-dealkylation sites (N-methyl/N-ethyl adjacent to an activating group) is 1. The highest BCUT2D eigenvalue weighted by Gasteiger charge is 2.64. The van der Waals surface area contributed by atoms with Gasteiger partial charge in [-0.1, -0.05) is 27.7 Å². The van der Waals surface area contributed by atoms with E-state index in [1.165, 1.54) is 4.90 Å². The van der Waals surface area contributed by atoms with Gasteiger partial charge in [0.1, 0.15) is 22.8 Å². The average molecular weight is 613 g/mol. The molecule has 0 bridgehead atoms. The maximum atomic E-state index is 14.2. The van der Waals surface area contributed by atoms with E-state index in [4.69, 9.17) is 5.73 Å². The number of ketones is 2. The summed E-state index contributed by atoms with van der Waals surface area (Å²) >= 11 is 0. The summed E-state index contributed by atoms with van der Waals surface area (Å²) in [6.45, 7) is 8.21. The molecule has 0 radical (unpaired) electrons. The minimum atomic E-state index is -2.71. The van der Waals surface area contributed by atoms with Crippen molar-refractivity contribution in [2.24, 2.45) is 23.0 Å². The number of benzene rings is 1. The minimum absolute atomic E-state index is 0.00199. The molecule has 0 heterocycles. The molecule has 1 aromatic rings. The molecule has 3 aliphatic rings. The van der Waals surface area contributed by atoms with Crippen LogP contribution in [0.2, 0.25) is 0 Å². The van der Waals surface area contributed by atoms with Crippen molar-refractivity contribution < 1.29 is 39.6 Å². The van der Waals surface area contributed by atoms with Gasteiger partial charge in [0.05, 0.1) is 11.6 Å². The lowest BCUT2D eigenvalue weighted by molar-refractivity contribution is -0.153. The molecule has 2 unspecified atom stereocenters. The van der Waals surface area contributed by atoms with Gasteiger partial charge in [-0.05, 0) is 49.9 Å². The monoisotopic (exact) mass is 612 g/mol. The molecule has 1 saturated carbocycles. The Bertz CT molecular complexity index is 1500. The quantitative estimate of drug-likeness (QED) is 0.285. The lowest BCUT2D eigenvalue weighted by Crippen LogP contribution is -2.65. The third kappa shape index (κ3) is 5.13. The van der Waals surface area contributed by atoms with Crippen molar-refractivity contribution in [1.82, 2.24) is 9.80 Å². The minimum Gasteiger partial charge on any atom is -0.508 e. The highest BCUT2D eigenvalue weighted by Crippen LogP contribution is 2.54. The zero-order valence-corrected chi connectivity index (χ0v) is 26.7. The van der Waals surface area contributed by atoms with Gasteiger partial charge < -0.3 is 36.0 Å². The first kappa shape index (κ1) is 33.0. The number of fused-ring (bicyclic) bond motifs is 3. The van der Waals surface area contributed by atoms with Crippen LogP contribution in [0.4, 0.5) is 5.69 Å². The number of hydrogen-bond donors (Lipinski definition) is 5. The van der Waals surface area contributed by atoms with Crippen LogP contribution in [0.5, 0.6) is 5.75 Å². The molecule has 6 N–H and O–H groups in total. The second-order valence-electron chi connectivity index (χ2n) is 13.8. The summed E-state index contributed by atoms with van der Waals surface area (Å²) < 4.78 is 0. The van der Waals surface area contributed by atoms with E-state index in [0.717, 1.165) is 0 Å². The van der Waals surface area contributed by atoms with Crippen molar-refractivity contribution in [2.75, 3.05) is 39.6 Å². The van der Waals surface area contributed by atoms with Gasteiger partial charge in [0.2, 0.25) is 11.7 Å². The number of hydrogen-bond acceptors (Lipinski definition) is 10. The first-order valence-corrected chi connectivity index (χ1v) is 14.7. The van der Waals surface area contributed by atoms with Gasteiger partial charge in [0.25, 0.3) is 5.91 Å². The maximum Gasteiger partial charge on any atom is 0.255 e. The third-order valence-electron chi connectivity index (χ3n) is 8.94. The summed E-state index contributed by atoms with van der Waals surface area (Å²) in [5, 5.41) is 46.3. The molecule has 1 aromatic carbocycles. The molecule has 12 heteroatoms. The fourth-order valence-electron chi connectivity index (χ4n) is 7.10. The van der Waals surface area contributed by atoms with Crippen molar-refractivity contribution in [3.63, 3.8) is 0 Å². The fourth-order valence-corrected chi connectivity index (χ4v) is 7.10. The van der Waals surface area contributed by atoms with E-state index in [1.54, 1.807) is 46.1 Å². The molecule has 0 aromatic heterocycles. The molecular weight excluding hydrogens is 568 g/mol. The van der Waals surface area contributed by atoms with Crippen LogP contribution >= 0.6 is 0 Å². The Balaban J connectivity index is 1.94. The van der Waals surface area contributed by atoms with Gasteiger partial charge in [-0.3, -0.25) is 24.1 Å². The van der Waals surface area contributed by atoms with E-state index in [2.05, 4.69) is 0 Å². The largest absolute Gasteiger partial charge is 0.508 e. The van der Waals surface area contributed by atoms with Gasteiger partial charge in [0.15, 0.2) is 11.4 Å². The Morgan fingerprint density at radius 1 is 1.09 bits per heavy atom. The SMILES string of the molecule is CCC(=O)N(Cc1cc(N(C)C)c2c(c1O)C(O)=C1C(=O)[C@]3(O)C(O)=C(C(N)=O)C(=O)[C@@H](N(C)C)C3CC1C2)CC(C)(C)C. The van der Waals surface area contributed by atoms with Crippen LogP contribution in [0, 0.1) is 17.3 Å². The van der Waals surface area contributed by atoms with Crippen LogP contribution in [0.15, 0.2) is 23.0 Å². The number of carbonyl (C=O) groups excluding carboxylic acids is 4. The summed E-state index contributed by atoms with van der Waals surface area (Å²) in [6, 6.07) is 0.619. The normalized spacial score (nSPS) is 25.1. The summed E-state index contributed by atoms with van der Waals surface area (Å²) in [5.74, 6) is -7.09. The van der Waals surface area contributed by atoms with Crippen molar-refractivity contribution in [1.29, 1.82) is 0 Å². The smallest absolute Gasteiger partial charge is 0.255 e. The lowest BCUT2D eigenvalue weighted by atomic mass is 9.57. The van der Waals surface area contributed by atoms with Gasteiger partial charge in [-0.25, -0.2) is 0 Å². The number of anilines is 1. The van der Waals surface area contributed by atoms with Gasteiger partial charge >= 0.3 is 0 Å². The number of primary amides is 1. The first-order valence-electron chi connectivity index (χ1n) is 14.7. The molecule has 2 amide bonds. The topological polar surface area (TPSA) is 185 Å². The number of phenolic OH excluding ortho intramolecular Hbond substituents is 1. The summed E-state index contributed by atoms with van der Waals surface area (Å²) in [7, 11) is 6.72. The van der Waals surface area contributed by atoms with Crippen molar-refractivity contribution in [2.45, 2.75) is 65.1 Å². The second kappa shape index (κ2) is 11.2. The molecule has 0 aliphatic heterocycles. The number of nitrogens with two attached hydrogens (primary N) is 1. The maximum absolute atomic E-state index is 14.2. The van der Waals surface area contributed by atoms with E-state index in [-0.39, 0.29) is 54.0 Å². The van der Waals surface area contributed by atoms with Crippen molar-refractivity contribution >= 4 is 34.8 Å². The number of Topliss-reactive ketones (excluding diaryl/α,β-unsaturated/α-hetero) is 2. The van der Waals surface area contributed by atoms with Crippen molar-refractivity contribution in [3.8, 4) is 5.75 Å². The molecule has 4 rings (SSSR count). The highest BCUT2D eigenvalue weighted by molar-refractivity contribution is 6.24. The van der Waals surface area contributed by atoms with Crippen LogP contribution in [-0.2, 0) is 32.1 Å². The predicted molar refractivity (Wildman–Crippen MR) is 164 cm³/mol. The number of rotatable bonds is 7. The zero-order chi connectivity index (χ0) is 33.2. The zero-order valence-electron chi connectivity index (χ0n) is 26.7. The number of phenols is 1. The molecule has 44 heavy (non-hydrogen) atoms. The van der Waals surface area contributed by atoms with Gasteiger partial charge in [-0.2, -0.15) is 0 Å². The van der Waals surface area contributed by atoms with Crippen LogP contribution in [-0.4, -0.2) is 100.0 Å². The van der Waals surface area contributed by atoms with E-state index in [1.807, 2.05) is 25.7 Å². The standard InChI is InChI=1S/C32H44N4O8/c1-9-20(37)36(14-31(2,3)4)13-16-12-19(34(5)6)17-10-15-11-18-24(35(7)8)27(40)23(30(33)43)29(42)32(18,44)28(41)21(15)26(39)22(17)25(16)38/h12,15,18,24,38-39,42,44H,9-11,13-14H2,1-8H3,(H2,33,43)/t15?,18?,24-,32-/m0/s1. The van der Waals surface area contributed by atoms with E-state index in [0.29, 0.717) is 23.4 Å². The second-order valence-corrected chi connectivity index (χ2v) is 13.8. The lowest BCUT2D eigenvalue weighted by Gasteiger charge is -2.50. The van der Waals surface area contributed by atoms with Gasteiger partial charge in [-0.15, -0.1) is 0 Å². The summed E-state index contributed by atoms with van der Waals surface area (Å²) in [6.07, 6.45) is 0.440. The molecule has 3 aliphatic carbocycles. The third-order valence-corrected chi connectivity index (χ3v) is 8.94. The van der Waals surface area contributed by atoms with Crippen LogP contribution < -0.4 is 10.6 Å². The number of aromatic hydroxyl groups is 1. The Hall–Kier alpha value is -3.90. The van der Waals surface area contributed by atoms with E-state index >= 15 is 0 Å². The number of aliphatic hydroxyl groups is 3. The predicted octanol–water partition coefficient (Wildman–Crippen LogP) is 1.81. The summed E-state index contributed by atoms with van der Waals surface area (Å²) in [5.41, 5.74) is 2.97. The Labute approximate surface area is 257 Å². The molecule has 0 spiro atoms. The Morgan fingerprint density at radius 2 is 1.70 bits per heavy atom. The fraction of sp³-hybridized carbons (Fsp3) is 0.562. The first-order chi connectivity index (χ1) is 20.3. The van der Waals surface area contributed by atoms with Gasteiger partial charge in [0, 0.05) is 56.3 Å². The van der Waals surface area contributed by atoms with Crippen LogP contribution in [0.1, 0.15) is 57.2 Å². The number of aliphatic hydroxyl groups excluding tert-OH is 2. The van der Waals surface area contributed by atoms with Crippen LogP contribution in [0.3, 0.4) is 0 Å². The molecular formula is C32H44N4O8. The Morgan fingerprint density at radius 3 is 2.20 bits per heavy atom. The highest BCUT2D eigenvalue weighted by atomic mass is 16.3. The number of amides is 2.